The van der Waals surface area contributed by atoms with Crippen molar-refractivity contribution in [2.24, 2.45) is 0 Å². The van der Waals surface area contributed by atoms with Crippen LogP contribution in [0.4, 0.5) is 0 Å². The Bertz CT molecular complexity index is 1040. The number of allylic oxidation sites excluding steroid dienone is 1. The van der Waals surface area contributed by atoms with Crippen LogP contribution >= 0.6 is 11.6 Å². The zero-order chi connectivity index (χ0) is 16.4. The molecule has 2 aromatic carbocycles. The first-order valence-electron chi connectivity index (χ1n) is 6.71. The van der Waals surface area contributed by atoms with Crippen LogP contribution < -0.4 is 0 Å². The fourth-order valence-corrected chi connectivity index (χ4v) is 3.54. The lowest BCUT2D eigenvalue weighted by molar-refractivity contribution is 0.603. The van der Waals surface area contributed by atoms with E-state index in [-0.39, 0.29) is 9.80 Å². The SMILES string of the molecule is N#C/C(=C\c1c[nH]c2ccccc12)S(=O)(=O)c1ccc(Cl)cc1. The van der Waals surface area contributed by atoms with E-state index in [0.717, 1.165) is 10.9 Å². The molecular formula is C17H11ClN2O2S. The average molecular weight is 343 g/mol. The van der Waals surface area contributed by atoms with Crippen LogP contribution in [-0.4, -0.2) is 13.4 Å². The molecule has 0 aliphatic rings. The summed E-state index contributed by atoms with van der Waals surface area (Å²) in [6.07, 6.45) is 3.06. The molecule has 114 valence electrons. The van der Waals surface area contributed by atoms with E-state index in [0.29, 0.717) is 10.6 Å². The number of nitrogens with one attached hydrogen (secondary N) is 1. The lowest BCUT2D eigenvalue weighted by atomic mass is 10.1. The maximum atomic E-state index is 12.6. The molecule has 1 heterocycles. The van der Waals surface area contributed by atoms with Crippen molar-refractivity contribution in [3.05, 3.63) is 70.2 Å². The number of hydrogen-bond acceptors (Lipinski definition) is 3. The number of nitrogens with zero attached hydrogens (tertiary/aromatic N) is 1. The van der Waals surface area contributed by atoms with Crippen LogP contribution in [-0.2, 0) is 9.84 Å². The molecule has 1 N–H and O–H groups in total. The second-order valence-corrected chi connectivity index (χ2v) is 7.22. The summed E-state index contributed by atoms with van der Waals surface area (Å²) in [4.78, 5) is 2.77. The Hall–Kier alpha value is -2.55. The molecule has 3 aromatic rings. The van der Waals surface area contributed by atoms with Gasteiger partial charge < -0.3 is 4.98 Å². The van der Waals surface area contributed by atoms with E-state index in [1.165, 1.54) is 30.3 Å². The third-order valence-corrected chi connectivity index (χ3v) is 5.36. The summed E-state index contributed by atoms with van der Waals surface area (Å²) in [6.45, 7) is 0. The minimum Gasteiger partial charge on any atom is -0.361 e. The monoisotopic (exact) mass is 342 g/mol. The largest absolute Gasteiger partial charge is 0.361 e. The van der Waals surface area contributed by atoms with Gasteiger partial charge in [0, 0.05) is 27.7 Å². The lowest BCUT2D eigenvalue weighted by Gasteiger charge is -2.03. The molecule has 0 bridgehead atoms. The van der Waals surface area contributed by atoms with Crippen molar-refractivity contribution in [2.75, 3.05) is 0 Å². The van der Waals surface area contributed by atoms with E-state index in [2.05, 4.69) is 4.98 Å². The Morgan fingerprint density at radius 1 is 1.13 bits per heavy atom. The number of benzene rings is 2. The Labute approximate surface area is 138 Å². The molecular weight excluding hydrogens is 332 g/mol. The van der Waals surface area contributed by atoms with Crippen molar-refractivity contribution < 1.29 is 8.42 Å². The molecule has 0 fully saturated rings. The normalized spacial score (nSPS) is 12.3. The highest BCUT2D eigenvalue weighted by Gasteiger charge is 2.21. The first-order valence-corrected chi connectivity index (χ1v) is 8.57. The van der Waals surface area contributed by atoms with Crippen molar-refractivity contribution >= 4 is 38.4 Å². The Morgan fingerprint density at radius 2 is 1.83 bits per heavy atom. The first-order chi connectivity index (χ1) is 11.0. The third-order valence-electron chi connectivity index (χ3n) is 3.43. The Balaban J connectivity index is 2.12. The summed E-state index contributed by atoms with van der Waals surface area (Å²) in [6, 6.07) is 15.0. The van der Waals surface area contributed by atoms with Crippen molar-refractivity contribution in [3.63, 3.8) is 0 Å². The van der Waals surface area contributed by atoms with Gasteiger partial charge in [-0.1, -0.05) is 29.8 Å². The minimum atomic E-state index is -3.89. The van der Waals surface area contributed by atoms with Crippen LogP contribution in [0.5, 0.6) is 0 Å². The summed E-state index contributed by atoms with van der Waals surface area (Å²) in [7, 11) is -3.89. The molecule has 1 aromatic heterocycles. The summed E-state index contributed by atoms with van der Waals surface area (Å²) in [5.74, 6) is 0. The minimum absolute atomic E-state index is 0.0366. The van der Waals surface area contributed by atoms with E-state index in [9.17, 15) is 13.7 Å². The van der Waals surface area contributed by atoms with Crippen molar-refractivity contribution in [1.29, 1.82) is 5.26 Å². The van der Waals surface area contributed by atoms with Gasteiger partial charge in [0.1, 0.15) is 11.0 Å². The highest BCUT2D eigenvalue weighted by Crippen LogP contribution is 2.25. The molecule has 0 aliphatic heterocycles. The van der Waals surface area contributed by atoms with Crippen molar-refractivity contribution in [2.45, 2.75) is 4.90 Å². The number of H-pyrrole nitrogens is 1. The van der Waals surface area contributed by atoms with E-state index in [1.54, 1.807) is 12.3 Å². The zero-order valence-corrected chi connectivity index (χ0v) is 13.4. The number of rotatable bonds is 3. The standard InChI is InChI=1S/C17H11ClN2O2S/c18-13-5-7-14(8-6-13)23(21,22)15(10-19)9-12-11-20-17-4-2-1-3-16(12)17/h1-9,11,20H/b15-9+. The van der Waals surface area contributed by atoms with E-state index in [4.69, 9.17) is 11.6 Å². The molecule has 0 radical (unpaired) electrons. The number of para-hydroxylation sites is 1. The molecule has 0 amide bonds. The average Bonchev–Trinajstić information content (AvgIpc) is 2.96. The topological polar surface area (TPSA) is 73.7 Å². The fourth-order valence-electron chi connectivity index (χ4n) is 2.27. The Kier molecular flexibility index (Phi) is 3.95. The first kappa shape index (κ1) is 15.3. The van der Waals surface area contributed by atoms with E-state index in [1.807, 2.05) is 24.3 Å². The molecule has 0 unspecified atom stereocenters. The van der Waals surface area contributed by atoms with Gasteiger partial charge in [0.05, 0.1) is 4.90 Å². The smallest absolute Gasteiger partial charge is 0.216 e. The summed E-state index contributed by atoms with van der Waals surface area (Å²) in [5.41, 5.74) is 1.52. The maximum Gasteiger partial charge on any atom is 0.216 e. The van der Waals surface area contributed by atoms with E-state index < -0.39 is 9.84 Å². The number of aromatic nitrogens is 1. The third kappa shape index (κ3) is 2.87. The second-order valence-electron chi connectivity index (χ2n) is 4.87. The van der Waals surface area contributed by atoms with Crippen molar-refractivity contribution in [3.8, 4) is 6.07 Å². The summed E-state index contributed by atoms with van der Waals surface area (Å²) in [5, 5.41) is 10.6. The van der Waals surface area contributed by atoms with E-state index >= 15 is 0 Å². The molecule has 0 aliphatic carbocycles. The number of halogens is 1. The molecule has 23 heavy (non-hydrogen) atoms. The molecule has 0 saturated carbocycles. The fraction of sp³-hybridized carbons (Fsp3) is 0. The molecule has 0 atom stereocenters. The molecule has 4 nitrogen and oxygen atoms in total. The predicted molar refractivity (Wildman–Crippen MR) is 90.5 cm³/mol. The van der Waals surface area contributed by atoms with Crippen LogP contribution in [0.3, 0.4) is 0 Å². The molecule has 0 saturated heterocycles. The van der Waals surface area contributed by atoms with Gasteiger partial charge in [-0.15, -0.1) is 0 Å². The number of hydrogen-bond donors (Lipinski definition) is 1. The summed E-state index contributed by atoms with van der Waals surface area (Å²) >= 11 is 5.78. The van der Waals surface area contributed by atoms with Gasteiger partial charge in [0.2, 0.25) is 9.84 Å². The van der Waals surface area contributed by atoms with Gasteiger partial charge >= 0.3 is 0 Å². The Morgan fingerprint density at radius 3 is 2.52 bits per heavy atom. The van der Waals surface area contributed by atoms with Crippen LogP contribution in [0.15, 0.2) is 64.5 Å². The molecule has 6 heteroatoms. The van der Waals surface area contributed by atoms with Gasteiger partial charge in [-0.3, -0.25) is 0 Å². The van der Waals surface area contributed by atoms with Crippen LogP contribution in [0.1, 0.15) is 5.56 Å². The van der Waals surface area contributed by atoms with Crippen molar-refractivity contribution in [1.82, 2.24) is 4.98 Å². The van der Waals surface area contributed by atoms with Crippen LogP contribution in [0.25, 0.3) is 17.0 Å². The number of sulfone groups is 1. The maximum absolute atomic E-state index is 12.6. The summed E-state index contributed by atoms with van der Waals surface area (Å²) < 4.78 is 25.2. The van der Waals surface area contributed by atoms with Gasteiger partial charge in [-0.2, -0.15) is 5.26 Å². The second kappa shape index (κ2) is 5.92. The number of fused-ring (bicyclic) bond motifs is 1. The highest BCUT2D eigenvalue weighted by atomic mass is 35.5. The molecule has 3 rings (SSSR count). The highest BCUT2D eigenvalue weighted by molar-refractivity contribution is 7.95. The van der Waals surface area contributed by atoms with Crippen LogP contribution in [0.2, 0.25) is 5.02 Å². The van der Waals surface area contributed by atoms with Gasteiger partial charge in [0.25, 0.3) is 0 Å². The quantitative estimate of drug-likeness (QED) is 0.726. The van der Waals surface area contributed by atoms with Crippen LogP contribution in [0, 0.1) is 11.3 Å². The predicted octanol–water partition coefficient (Wildman–Crippen LogP) is 4.16. The van der Waals surface area contributed by atoms with Gasteiger partial charge in [-0.25, -0.2) is 8.42 Å². The lowest BCUT2D eigenvalue weighted by Crippen LogP contribution is -2.03. The zero-order valence-electron chi connectivity index (χ0n) is 11.8. The van der Waals surface area contributed by atoms with Gasteiger partial charge in [-0.05, 0) is 36.4 Å². The number of aromatic amines is 1. The van der Waals surface area contributed by atoms with Gasteiger partial charge in [0.15, 0.2) is 0 Å². The number of nitriles is 1. The molecule has 0 spiro atoms.